The molecule has 1 heterocycles. The lowest BCUT2D eigenvalue weighted by Crippen LogP contribution is -2.30. The van der Waals surface area contributed by atoms with Crippen molar-refractivity contribution in [1.82, 2.24) is 0 Å². The molecule has 0 saturated heterocycles. The van der Waals surface area contributed by atoms with Crippen LogP contribution in [-0.4, -0.2) is 6.54 Å². The van der Waals surface area contributed by atoms with Crippen LogP contribution in [0.2, 0.25) is 10.0 Å². The van der Waals surface area contributed by atoms with E-state index in [2.05, 4.69) is 48.2 Å². The minimum absolute atomic E-state index is 0.406. The highest BCUT2D eigenvalue weighted by Gasteiger charge is 2.18. The van der Waals surface area contributed by atoms with Crippen molar-refractivity contribution in [3.63, 3.8) is 0 Å². The number of nitrogen functional groups attached to an aromatic ring is 1. The van der Waals surface area contributed by atoms with Crippen molar-refractivity contribution in [2.24, 2.45) is 0 Å². The number of hydrogen-bond acceptors (Lipinski definition) is 3. The number of hydrogen-bond donors (Lipinski definition) is 1. The van der Waals surface area contributed by atoms with Gasteiger partial charge in [-0.15, -0.1) is 0 Å². The summed E-state index contributed by atoms with van der Waals surface area (Å²) in [6, 6.07) is 18.1. The number of benzene rings is 3. The average Bonchev–Trinajstić information content (AvgIpc) is 2.65. The van der Waals surface area contributed by atoms with E-state index >= 15 is 0 Å². The predicted molar refractivity (Wildman–Crippen MR) is 113 cm³/mol. The van der Waals surface area contributed by atoms with E-state index in [0.717, 1.165) is 25.3 Å². The van der Waals surface area contributed by atoms with Crippen LogP contribution in [0.3, 0.4) is 0 Å². The monoisotopic (exact) mass is 398 g/mol. The summed E-state index contributed by atoms with van der Waals surface area (Å²) >= 11 is 12.5. The number of nitrogens with two attached hydrogens (primary N) is 1. The zero-order valence-corrected chi connectivity index (χ0v) is 16.5. The van der Waals surface area contributed by atoms with Gasteiger partial charge in [-0.25, -0.2) is 0 Å². The van der Waals surface area contributed by atoms with Gasteiger partial charge in [0.15, 0.2) is 5.75 Å². The molecule has 0 radical (unpaired) electrons. The minimum Gasteiger partial charge on any atom is -0.454 e. The lowest BCUT2D eigenvalue weighted by atomic mass is 9.99. The molecule has 0 bridgehead atoms. The summed E-state index contributed by atoms with van der Waals surface area (Å²) in [5, 5.41) is 0.812. The van der Waals surface area contributed by atoms with Gasteiger partial charge in [-0.05, 0) is 60.9 Å². The molecule has 0 atom stereocenters. The van der Waals surface area contributed by atoms with E-state index in [1.165, 1.54) is 22.4 Å². The second-order valence-corrected chi connectivity index (χ2v) is 7.67. The average molecular weight is 399 g/mol. The molecule has 0 amide bonds. The molecule has 0 aromatic heterocycles. The Morgan fingerprint density at radius 3 is 2.33 bits per heavy atom. The van der Waals surface area contributed by atoms with Crippen LogP contribution in [0.25, 0.3) is 0 Å². The summed E-state index contributed by atoms with van der Waals surface area (Å²) in [7, 11) is 0. The van der Waals surface area contributed by atoms with Crippen molar-refractivity contribution in [2.75, 3.05) is 17.2 Å². The number of ether oxygens (including phenoxy) is 1. The summed E-state index contributed by atoms with van der Waals surface area (Å²) in [5.41, 5.74) is 11.4. The standard InChI is InChI=1S/C22H20Cl2N2O/c1-14-2-5-18(6-3-14)26-9-8-15-10-19(7-4-16(15)13-26)27-22-20(23)11-17(25)12-21(22)24/h2-7,10-12H,8-9,13,25H2,1H3. The highest BCUT2D eigenvalue weighted by Crippen LogP contribution is 2.39. The highest BCUT2D eigenvalue weighted by atomic mass is 35.5. The lowest BCUT2D eigenvalue weighted by molar-refractivity contribution is 0.481. The second-order valence-electron chi connectivity index (χ2n) is 6.85. The molecule has 4 rings (SSSR count). The van der Waals surface area contributed by atoms with Gasteiger partial charge in [-0.3, -0.25) is 0 Å². The van der Waals surface area contributed by atoms with Crippen LogP contribution in [0.1, 0.15) is 16.7 Å². The van der Waals surface area contributed by atoms with Gasteiger partial charge in [0, 0.05) is 24.5 Å². The van der Waals surface area contributed by atoms with Crippen LogP contribution in [0.5, 0.6) is 11.5 Å². The molecule has 3 aromatic carbocycles. The Bertz CT molecular complexity index is 963. The largest absolute Gasteiger partial charge is 0.454 e. The predicted octanol–water partition coefficient (Wildman–Crippen LogP) is 6.24. The van der Waals surface area contributed by atoms with E-state index < -0.39 is 0 Å². The van der Waals surface area contributed by atoms with Crippen LogP contribution in [0, 0.1) is 6.92 Å². The molecule has 0 unspecified atom stereocenters. The molecule has 3 aromatic rings. The van der Waals surface area contributed by atoms with Crippen molar-refractivity contribution in [3.8, 4) is 11.5 Å². The highest BCUT2D eigenvalue weighted by molar-refractivity contribution is 6.37. The summed E-state index contributed by atoms with van der Waals surface area (Å²) in [6.45, 7) is 3.97. The molecule has 3 nitrogen and oxygen atoms in total. The first-order valence-corrected chi connectivity index (χ1v) is 9.61. The van der Waals surface area contributed by atoms with Gasteiger partial charge in [-0.1, -0.05) is 47.0 Å². The molecule has 0 saturated carbocycles. The van der Waals surface area contributed by atoms with Crippen LogP contribution >= 0.6 is 23.2 Å². The second kappa shape index (κ2) is 7.34. The maximum atomic E-state index is 6.23. The SMILES string of the molecule is Cc1ccc(N2CCc3cc(Oc4c(Cl)cc(N)cc4Cl)ccc3C2)cc1. The number of rotatable bonds is 3. The fourth-order valence-electron chi connectivity index (χ4n) is 3.36. The van der Waals surface area contributed by atoms with E-state index in [9.17, 15) is 0 Å². The Hall–Kier alpha value is -2.36. The molecule has 0 spiro atoms. The van der Waals surface area contributed by atoms with Crippen LogP contribution in [0.4, 0.5) is 11.4 Å². The first-order valence-electron chi connectivity index (χ1n) is 8.85. The van der Waals surface area contributed by atoms with Gasteiger partial charge in [0.05, 0.1) is 10.0 Å². The first kappa shape index (κ1) is 18.0. The molecule has 1 aliphatic rings. The third kappa shape index (κ3) is 3.85. The molecule has 5 heteroatoms. The van der Waals surface area contributed by atoms with E-state index in [0.29, 0.717) is 21.5 Å². The number of aryl methyl sites for hydroxylation is 1. The fourth-order valence-corrected chi connectivity index (χ4v) is 3.94. The number of anilines is 2. The lowest BCUT2D eigenvalue weighted by Gasteiger charge is -2.31. The normalized spacial score (nSPS) is 13.4. The molecular formula is C22H20Cl2N2O. The maximum Gasteiger partial charge on any atom is 0.164 e. The van der Waals surface area contributed by atoms with Crippen molar-refractivity contribution in [1.29, 1.82) is 0 Å². The molecule has 2 N–H and O–H groups in total. The first-order chi connectivity index (χ1) is 13.0. The van der Waals surface area contributed by atoms with Gasteiger partial charge >= 0.3 is 0 Å². The van der Waals surface area contributed by atoms with Crippen LogP contribution < -0.4 is 15.4 Å². The van der Waals surface area contributed by atoms with E-state index in [1.807, 2.05) is 6.07 Å². The summed E-state index contributed by atoms with van der Waals surface area (Å²) in [4.78, 5) is 2.40. The van der Waals surface area contributed by atoms with Crippen molar-refractivity contribution < 1.29 is 4.74 Å². The molecule has 0 aliphatic carbocycles. The molecule has 1 aliphatic heterocycles. The molecular weight excluding hydrogens is 379 g/mol. The van der Waals surface area contributed by atoms with Crippen molar-refractivity contribution in [3.05, 3.63) is 81.3 Å². The Labute approximate surface area is 169 Å². The fraction of sp³-hybridized carbons (Fsp3) is 0.182. The van der Waals surface area contributed by atoms with Gasteiger partial charge in [0.25, 0.3) is 0 Å². The minimum atomic E-state index is 0.406. The smallest absolute Gasteiger partial charge is 0.164 e. The third-order valence-corrected chi connectivity index (χ3v) is 5.39. The van der Waals surface area contributed by atoms with Gasteiger partial charge < -0.3 is 15.4 Å². The quantitative estimate of drug-likeness (QED) is 0.530. The van der Waals surface area contributed by atoms with E-state index in [1.54, 1.807) is 12.1 Å². The zero-order chi connectivity index (χ0) is 19.0. The number of halogens is 2. The summed E-state index contributed by atoms with van der Waals surface area (Å²) in [6.07, 6.45) is 0.962. The van der Waals surface area contributed by atoms with Crippen molar-refractivity contribution >= 4 is 34.6 Å². The van der Waals surface area contributed by atoms with Crippen LogP contribution in [0.15, 0.2) is 54.6 Å². The Morgan fingerprint density at radius 2 is 1.63 bits per heavy atom. The third-order valence-electron chi connectivity index (χ3n) is 4.83. The molecule has 138 valence electrons. The summed E-state index contributed by atoms with van der Waals surface area (Å²) in [5.74, 6) is 1.16. The van der Waals surface area contributed by atoms with Gasteiger partial charge in [-0.2, -0.15) is 0 Å². The number of fused-ring (bicyclic) bond motifs is 1. The summed E-state index contributed by atoms with van der Waals surface area (Å²) < 4.78 is 5.95. The van der Waals surface area contributed by atoms with Gasteiger partial charge in [0.2, 0.25) is 0 Å². The topological polar surface area (TPSA) is 38.5 Å². The number of nitrogens with zero attached hydrogens (tertiary/aromatic N) is 1. The van der Waals surface area contributed by atoms with Gasteiger partial charge in [0.1, 0.15) is 5.75 Å². The van der Waals surface area contributed by atoms with E-state index in [-0.39, 0.29) is 0 Å². The van der Waals surface area contributed by atoms with Crippen molar-refractivity contribution in [2.45, 2.75) is 19.9 Å². The van der Waals surface area contributed by atoms with Crippen LogP contribution in [-0.2, 0) is 13.0 Å². The maximum absolute atomic E-state index is 6.23. The molecule has 27 heavy (non-hydrogen) atoms. The zero-order valence-electron chi connectivity index (χ0n) is 15.0. The Kier molecular flexibility index (Phi) is 4.90. The van der Waals surface area contributed by atoms with E-state index in [4.69, 9.17) is 33.7 Å². The molecule has 0 fully saturated rings. The Morgan fingerprint density at radius 1 is 0.926 bits per heavy atom. The Balaban J connectivity index is 1.55.